The fourth-order valence-corrected chi connectivity index (χ4v) is 8.64. The number of rotatable bonds is 9. The lowest BCUT2D eigenvalue weighted by Gasteiger charge is -2.33. The van der Waals surface area contributed by atoms with Crippen LogP contribution in [0.1, 0.15) is 90.5 Å². The van der Waals surface area contributed by atoms with Gasteiger partial charge in [0.2, 0.25) is 11.8 Å². The fraction of sp³-hybridized carbons (Fsp3) is 0.340. The predicted molar refractivity (Wildman–Crippen MR) is 250 cm³/mol. The lowest BCUT2D eigenvalue weighted by Crippen LogP contribution is -2.57. The number of carbonyl (C=O) groups excluding carboxylic acids is 4. The Hall–Kier alpha value is -6.74. The SMILES string of the molecule is CCC[C@@H]1NC(=O)C(NC(=O)[C@@H](NC(=O)OC(C)(C)C)C(C)(C)C)c2ccc(Oc3cc(-c4ccccc4)nc4cc(OC)ccc34)c(c2)/C=C/CCc2ccccc2S(=O)(=O)NC1=O. The molecule has 4 N–H and O–H groups in total. The molecule has 1 aliphatic rings. The Bertz CT molecular complexity index is 2710. The summed E-state index contributed by atoms with van der Waals surface area (Å²) in [5, 5.41) is 8.93. The van der Waals surface area contributed by atoms with Crippen molar-refractivity contribution in [1.82, 2.24) is 25.7 Å². The van der Waals surface area contributed by atoms with Gasteiger partial charge in [-0.3, -0.25) is 14.4 Å². The molecule has 0 spiro atoms. The average Bonchev–Trinajstić information content (AvgIpc) is 3.25. The van der Waals surface area contributed by atoms with Gasteiger partial charge < -0.3 is 30.2 Å². The van der Waals surface area contributed by atoms with Gasteiger partial charge in [0.25, 0.3) is 15.9 Å². The van der Waals surface area contributed by atoms with Crippen LogP contribution in [0, 0.1) is 5.41 Å². The fourth-order valence-electron chi connectivity index (χ4n) is 7.35. The van der Waals surface area contributed by atoms with Crippen molar-refractivity contribution in [2.24, 2.45) is 5.41 Å². The number of nitrogens with one attached hydrogen (secondary N) is 4. The number of aryl methyl sites for hydroxylation is 1. The van der Waals surface area contributed by atoms with Crippen molar-refractivity contribution in [2.75, 3.05) is 7.11 Å². The topological polar surface area (TPSA) is 191 Å². The van der Waals surface area contributed by atoms with Gasteiger partial charge in [-0.15, -0.1) is 0 Å². The summed E-state index contributed by atoms with van der Waals surface area (Å²) in [6, 6.07) is 24.5. The van der Waals surface area contributed by atoms with E-state index < -0.39 is 63.0 Å². The van der Waals surface area contributed by atoms with Gasteiger partial charge in [-0.25, -0.2) is 22.9 Å². The Morgan fingerprint density at radius 1 is 0.877 bits per heavy atom. The number of carbonyl (C=O) groups is 4. The van der Waals surface area contributed by atoms with Crippen LogP contribution in [0.25, 0.3) is 28.2 Å². The quantitative estimate of drug-likeness (QED) is 0.112. The molecule has 14 nitrogen and oxygen atoms in total. The van der Waals surface area contributed by atoms with Gasteiger partial charge in [0.1, 0.15) is 41.0 Å². The number of nitrogens with zero attached hydrogens (tertiary/aromatic N) is 1. The molecule has 1 aliphatic heterocycles. The highest BCUT2D eigenvalue weighted by Crippen LogP contribution is 2.37. The second-order valence-corrected chi connectivity index (χ2v) is 19.6. The Balaban J connectivity index is 1.50. The molecule has 6 rings (SSSR count). The molecule has 0 saturated heterocycles. The van der Waals surface area contributed by atoms with Crippen LogP contribution in [-0.2, 0) is 35.6 Å². The van der Waals surface area contributed by atoms with E-state index in [1.807, 2.05) is 66.7 Å². The lowest BCUT2D eigenvalue weighted by atomic mass is 9.86. The number of methoxy groups -OCH3 is 1. The molecule has 0 fully saturated rings. The van der Waals surface area contributed by atoms with Crippen molar-refractivity contribution in [3.05, 3.63) is 120 Å². The van der Waals surface area contributed by atoms with E-state index in [9.17, 15) is 27.6 Å². The Kier molecular flexibility index (Phi) is 14.7. The van der Waals surface area contributed by atoms with Gasteiger partial charge in [0.05, 0.1) is 23.2 Å². The zero-order valence-corrected chi connectivity index (χ0v) is 38.8. The highest BCUT2D eigenvalue weighted by molar-refractivity contribution is 7.90. The number of hydrogen-bond donors (Lipinski definition) is 4. The van der Waals surface area contributed by atoms with Crippen LogP contribution < -0.4 is 30.1 Å². The number of aromatic nitrogens is 1. The van der Waals surface area contributed by atoms with Crippen LogP contribution in [0.2, 0.25) is 0 Å². The maximum Gasteiger partial charge on any atom is 0.408 e. The molecule has 4 amide bonds. The number of allylic oxidation sites excluding steroid dienone is 1. The monoisotopic (exact) mass is 903 g/mol. The van der Waals surface area contributed by atoms with Gasteiger partial charge in [-0.1, -0.05) is 101 Å². The van der Waals surface area contributed by atoms with Gasteiger partial charge in [0, 0.05) is 28.6 Å². The van der Waals surface area contributed by atoms with Crippen molar-refractivity contribution >= 4 is 50.8 Å². The summed E-state index contributed by atoms with van der Waals surface area (Å²) >= 11 is 0. The molecule has 65 heavy (non-hydrogen) atoms. The van der Waals surface area contributed by atoms with Crippen molar-refractivity contribution < 1.29 is 41.8 Å². The zero-order chi connectivity index (χ0) is 47.1. The molecule has 5 aromatic rings. The van der Waals surface area contributed by atoms with Gasteiger partial charge in [-0.05, 0) is 86.9 Å². The second kappa shape index (κ2) is 20.0. The molecule has 3 atom stereocenters. The van der Waals surface area contributed by atoms with E-state index in [2.05, 4.69) is 20.7 Å². The highest BCUT2D eigenvalue weighted by atomic mass is 32.2. The van der Waals surface area contributed by atoms with Crippen LogP contribution >= 0.6 is 0 Å². The summed E-state index contributed by atoms with van der Waals surface area (Å²) in [5.74, 6) is -0.956. The van der Waals surface area contributed by atoms with Crippen LogP contribution in [0.15, 0.2) is 108 Å². The van der Waals surface area contributed by atoms with Crippen LogP contribution in [-0.4, -0.2) is 62.0 Å². The molecule has 0 saturated carbocycles. The third-order valence-corrected chi connectivity index (χ3v) is 12.0. The number of sulfonamides is 1. The second-order valence-electron chi connectivity index (χ2n) is 17.9. The summed E-state index contributed by atoms with van der Waals surface area (Å²) in [4.78, 5) is 60.8. The number of alkyl carbamates (subject to hydrolysis) is 1. The summed E-state index contributed by atoms with van der Waals surface area (Å²) in [7, 11) is -2.79. The Labute approximate surface area is 380 Å². The van der Waals surface area contributed by atoms with Crippen LogP contribution in [0.4, 0.5) is 4.79 Å². The highest BCUT2D eigenvalue weighted by Gasteiger charge is 2.38. The number of amides is 4. The van der Waals surface area contributed by atoms with E-state index in [4.69, 9.17) is 19.2 Å². The summed E-state index contributed by atoms with van der Waals surface area (Å²) in [6.07, 6.45) is 4.01. The van der Waals surface area contributed by atoms with E-state index in [0.717, 1.165) is 5.56 Å². The summed E-state index contributed by atoms with van der Waals surface area (Å²) in [6.45, 7) is 12.2. The first-order valence-electron chi connectivity index (χ1n) is 21.5. The van der Waals surface area contributed by atoms with Gasteiger partial charge >= 0.3 is 6.09 Å². The summed E-state index contributed by atoms with van der Waals surface area (Å²) < 4.78 is 47.5. The number of fused-ring (bicyclic) bond motifs is 4. The molecule has 0 aliphatic carbocycles. The molecule has 0 radical (unpaired) electrons. The first kappa shape index (κ1) is 47.7. The molecule has 1 unspecified atom stereocenters. The van der Waals surface area contributed by atoms with Crippen molar-refractivity contribution in [3.8, 4) is 28.5 Å². The van der Waals surface area contributed by atoms with Crippen molar-refractivity contribution in [1.29, 1.82) is 0 Å². The average molecular weight is 904 g/mol. The van der Waals surface area contributed by atoms with Crippen LogP contribution in [0.5, 0.6) is 17.2 Å². The summed E-state index contributed by atoms with van der Waals surface area (Å²) in [5.41, 5.74) is 1.74. The van der Waals surface area contributed by atoms with E-state index in [0.29, 0.717) is 69.8 Å². The molecular formula is C50H57N5O9S. The van der Waals surface area contributed by atoms with Crippen molar-refractivity contribution in [2.45, 2.75) is 103 Å². The van der Waals surface area contributed by atoms with Gasteiger partial charge in [-0.2, -0.15) is 0 Å². The largest absolute Gasteiger partial charge is 0.497 e. The molecule has 1 aromatic heterocycles. The molecule has 4 aromatic carbocycles. The molecule has 2 heterocycles. The Morgan fingerprint density at radius 2 is 1.60 bits per heavy atom. The molecular weight excluding hydrogens is 847 g/mol. The van der Waals surface area contributed by atoms with E-state index in [1.165, 1.54) is 6.07 Å². The smallest absolute Gasteiger partial charge is 0.408 e. The number of hydrogen-bond acceptors (Lipinski definition) is 10. The molecule has 342 valence electrons. The van der Waals surface area contributed by atoms with E-state index in [-0.39, 0.29) is 11.3 Å². The maximum atomic E-state index is 14.6. The molecule has 2 bridgehead atoms. The predicted octanol–water partition coefficient (Wildman–Crippen LogP) is 8.55. The number of benzene rings is 4. The van der Waals surface area contributed by atoms with E-state index >= 15 is 0 Å². The first-order chi connectivity index (χ1) is 30.8. The minimum atomic E-state index is -4.38. The van der Waals surface area contributed by atoms with Crippen LogP contribution in [0.3, 0.4) is 0 Å². The maximum absolute atomic E-state index is 14.6. The first-order valence-corrected chi connectivity index (χ1v) is 23.0. The van der Waals surface area contributed by atoms with Gasteiger partial charge in [0.15, 0.2) is 0 Å². The van der Waals surface area contributed by atoms with Crippen molar-refractivity contribution in [3.63, 3.8) is 0 Å². The van der Waals surface area contributed by atoms with E-state index in [1.54, 1.807) is 92.0 Å². The Morgan fingerprint density at radius 3 is 2.29 bits per heavy atom. The third kappa shape index (κ3) is 12.1. The minimum absolute atomic E-state index is 0.0623. The normalized spacial score (nSPS) is 17.7. The number of ether oxygens (including phenoxy) is 3. The third-order valence-electron chi connectivity index (χ3n) is 10.6. The zero-order valence-electron chi connectivity index (χ0n) is 38.0. The molecule has 15 heteroatoms. The lowest BCUT2D eigenvalue weighted by molar-refractivity contribution is -0.133. The number of pyridine rings is 1. The minimum Gasteiger partial charge on any atom is -0.497 e. The standard InChI is InChI=1S/C50H57N5O9S/c1-9-17-37-45(56)55-65(60,61)42-23-16-15-21-32(42)20-13-14-22-33-28-34(43(46(57)52-37)53-47(58)44(49(2,3)4)54-48(59)64-50(5,6)7)24-27-40(33)63-41-30-38(31-18-11-10-12-19-31)51-39-29-35(62-8)25-26-36(39)41/h10-12,14-16,18-19,21-30,37,43-44H,9,13,17,20H2,1-8H3,(H,52,57)(H,53,58)(H,54,59)(H,55,56)/b22-14+/t37-,43?,44+/m0/s1.